The molecule has 7 N–H and O–H groups in total. The van der Waals surface area contributed by atoms with Gasteiger partial charge in [-0.1, -0.05) is 36.6 Å². The number of fused-ring (bicyclic) bond motifs is 1. The fraction of sp³-hybridized carbons (Fsp3) is 0.565. The van der Waals surface area contributed by atoms with Gasteiger partial charge in [0.1, 0.15) is 18.0 Å². The molecule has 10 heteroatoms. The van der Waals surface area contributed by atoms with E-state index in [4.69, 9.17) is 17.3 Å². The first-order valence-corrected chi connectivity index (χ1v) is 12.4. The number of para-hydroxylation sites is 1. The minimum atomic E-state index is -0.684. The molecule has 2 aromatic rings. The Balaban J connectivity index is 1.44. The highest BCUT2D eigenvalue weighted by atomic mass is 35.5. The van der Waals surface area contributed by atoms with Gasteiger partial charge in [0.05, 0.1) is 22.0 Å². The summed E-state index contributed by atoms with van der Waals surface area (Å²) in [5, 5.41) is 19.9. The van der Waals surface area contributed by atoms with Gasteiger partial charge in [-0.05, 0) is 50.3 Å². The fourth-order valence-electron chi connectivity index (χ4n) is 4.47. The lowest BCUT2D eigenvalue weighted by atomic mass is 9.90. The van der Waals surface area contributed by atoms with E-state index in [1.165, 1.54) is 0 Å². The van der Waals surface area contributed by atoms with E-state index < -0.39 is 23.7 Å². The second-order valence-corrected chi connectivity index (χ2v) is 10.2. The predicted octanol–water partition coefficient (Wildman–Crippen LogP) is 2.13. The number of benzene rings is 1. The molecule has 1 aliphatic carbocycles. The number of piperidine rings is 1. The summed E-state index contributed by atoms with van der Waals surface area (Å²) >= 11 is 10.6. The van der Waals surface area contributed by atoms with Crippen molar-refractivity contribution in [3.63, 3.8) is 0 Å². The highest BCUT2D eigenvalue weighted by Crippen LogP contribution is 2.34. The third-order valence-electron chi connectivity index (χ3n) is 6.59. The van der Waals surface area contributed by atoms with E-state index in [2.05, 4.69) is 33.6 Å². The number of aromatic nitrogens is 1. The molecule has 0 bridgehead atoms. The smallest absolute Gasteiger partial charge is 0.268 e. The molecule has 2 amide bonds. The lowest BCUT2D eigenvalue weighted by Gasteiger charge is -2.33. The first kappa shape index (κ1) is 24.3. The Labute approximate surface area is 203 Å². The van der Waals surface area contributed by atoms with Crippen LogP contribution in [0, 0.1) is 11.8 Å². The van der Waals surface area contributed by atoms with Crippen molar-refractivity contribution in [1.82, 2.24) is 20.9 Å². The highest BCUT2D eigenvalue weighted by molar-refractivity contribution is 7.80. The Morgan fingerprint density at radius 3 is 2.70 bits per heavy atom. The number of halogens is 1. The van der Waals surface area contributed by atoms with Crippen LogP contribution < -0.4 is 21.7 Å². The van der Waals surface area contributed by atoms with Crippen LogP contribution in [-0.4, -0.2) is 52.1 Å². The topological polar surface area (TPSA) is 132 Å². The number of aliphatic hydroxyl groups is 1. The molecule has 33 heavy (non-hydrogen) atoms. The van der Waals surface area contributed by atoms with Crippen molar-refractivity contribution in [2.45, 2.75) is 62.2 Å². The number of nitrogens with two attached hydrogens (primary N) is 1. The number of H-pyrrole nitrogens is 1. The Kier molecular flexibility index (Phi) is 7.86. The van der Waals surface area contributed by atoms with Crippen LogP contribution in [0.25, 0.3) is 10.9 Å². The average molecular weight is 494 g/mol. The summed E-state index contributed by atoms with van der Waals surface area (Å²) in [6.45, 7) is 0.774. The number of aromatic amines is 1. The van der Waals surface area contributed by atoms with Gasteiger partial charge in [-0.3, -0.25) is 14.9 Å². The van der Waals surface area contributed by atoms with Gasteiger partial charge in [0.25, 0.3) is 5.91 Å². The van der Waals surface area contributed by atoms with E-state index >= 15 is 0 Å². The summed E-state index contributed by atoms with van der Waals surface area (Å²) in [6, 6.07) is 6.07. The first-order valence-electron chi connectivity index (χ1n) is 11.6. The predicted molar refractivity (Wildman–Crippen MR) is 132 cm³/mol. The Hall–Kier alpha value is -1.78. The van der Waals surface area contributed by atoms with Gasteiger partial charge in [0.15, 0.2) is 0 Å². The quantitative estimate of drug-likeness (QED) is 0.212. The molecule has 180 valence electrons. The molecule has 2 aliphatic rings. The van der Waals surface area contributed by atoms with Crippen LogP contribution in [0.15, 0.2) is 24.3 Å². The molecule has 1 aliphatic heterocycles. The number of carbonyl (C=O) groups excluding carboxylic acids is 2. The summed E-state index contributed by atoms with van der Waals surface area (Å²) in [5.41, 5.74) is 7.09. The molecule has 0 unspecified atom stereocenters. The largest absolute Gasteiger partial charge is 0.378 e. The molecule has 1 saturated carbocycles. The number of hydrogen-bond acceptors (Lipinski definition) is 6. The van der Waals surface area contributed by atoms with E-state index in [1.54, 1.807) is 12.1 Å². The second-order valence-electron chi connectivity index (χ2n) is 9.23. The molecule has 2 fully saturated rings. The van der Waals surface area contributed by atoms with Gasteiger partial charge >= 0.3 is 0 Å². The third kappa shape index (κ3) is 6.22. The van der Waals surface area contributed by atoms with Crippen molar-refractivity contribution >= 4 is 46.9 Å². The molecule has 5 atom stereocenters. The van der Waals surface area contributed by atoms with Crippen molar-refractivity contribution in [2.75, 3.05) is 6.54 Å². The zero-order valence-corrected chi connectivity index (χ0v) is 20.0. The number of carbonyl (C=O) groups is 2. The lowest BCUT2D eigenvalue weighted by Crippen LogP contribution is -2.55. The summed E-state index contributed by atoms with van der Waals surface area (Å²) in [5.74, 6) is -0.237. The minimum absolute atomic E-state index is 0.0187. The maximum absolute atomic E-state index is 13.2. The van der Waals surface area contributed by atoms with E-state index in [-0.39, 0.29) is 17.7 Å². The Morgan fingerprint density at radius 1 is 1.24 bits per heavy atom. The van der Waals surface area contributed by atoms with Crippen molar-refractivity contribution < 1.29 is 14.7 Å². The SMILES string of the molecule is N[C@@H](S)[C@H](C[C@@H]1CCCN[C@@H]1O)NC(=O)[C@H](CC1CC1)NC(=O)c1cc2cccc(Cl)c2[nH]1. The first-order chi connectivity index (χ1) is 15.8. The van der Waals surface area contributed by atoms with E-state index in [0.29, 0.717) is 35.0 Å². The molecule has 4 rings (SSSR count). The molecule has 0 spiro atoms. The average Bonchev–Trinajstić information content (AvgIpc) is 3.48. The van der Waals surface area contributed by atoms with Gasteiger partial charge in [-0.15, -0.1) is 0 Å². The van der Waals surface area contributed by atoms with Crippen LogP contribution in [0.5, 0.6) is 0 Å². The molecule has 8 nitrogen and oxygen atoms in total. The second kappa shape index (κ2) is 10.7. The summed E-state index contributed by atoms with van der Waals surface area (Å²) in [6.07, 6.45) is 4.37. The van der Waals surface area contributed by atoms with Crippen LogP contribution in [0.2, 0.25) is 5.02 Å². The van der Waals surface area contributed by atoms with Gasteiger partial charge in [-0.25, -0.2) is 0 Å². The zero-order valence-electron chi connectivity index (χ0n) is 18.4. The molecule has 2 heterocycles. The molecular formula is C23H32ClN5O3S. The highest BCUT2D eigenvalue weighted by Gasteiger charge is 2.34. The Morgan fingerprint density at radius 2 is 2.03 bits per heavy atom. The summed E-state index contributed by atoms with van der Waals surface area (Å²) < 4.78 is 0. The number of thiol groups is 1. The Bertz CT molecular complexity index is 996. The molecule has 0 radical (unpaired) electrons. The van der Waals surface area contributed by atoms with E-state index in [9.17, 15) is 14.7 Å². The molecule has 1 aromatic carbocycles. The van der Waals surface area contributed by atoms with Crippen molar-refractivity contribution in [1.29, 1.82) is 0 Å². The number of aliphatic hydroxyl groups excluding tert-OH is 1. The van der Waals surface area contributed by atoms with Crippen LogP contribution in [0.1, 0.15) is 49.0 Å². The van der Waals surface area contributed by atoms with Gasteiger partial charge < -0.3 is 26.5 Å². The maximum atomic E-state index is 13.2. The van der Waals surface area contributed by atoms with Crippen LogP contribution in [0.4, 0.5) is 0 Å². The van der Waals surface area contributed by atoms with Crippen molar-refractivity contribution in [3.05, 3.63) is 35.0 Å². The number of amides is 2. The number of rotatable bonds is 9. The third-order valence-corrected chi connectivity index (χ3v) is 7.26. The van der Waals surface area contributed by atoms with Crippen LogP contribution in [0.3, 0.4) is 0 Å². The minimum Gasteiger partial charge on any atom is -0.378 e. The van der Waals surface area contributed by atoms with Crippen LogP contribution in [-0.2, 0) is 4.79 Å². The van der Waals surface area contributed by atoms with Gasteiger partial charge in [0, 0.05) is 11.3 Å². The summed E-state index contributed by atoms with van der Waals surface area (Å²) in [4.78, 5) is 29.2. The van der Waals surface area contributed by atoms with E-state index in [1.807, 2.05) is 12.1 Å². The zero-order chi connectivity index (χ0) is 23.5. The fourth-order valence-corrected chi connectivity index (χ4v) is 4.90. The molecule has 1 aromatic heterocycles. The maximum Gasteiger partial charge on any atom is 0.268 e. The van der Waals surface area contributed by atoms with Crippen LogP contribution >= 0.6 is 24.2 Å². The van der Waals surface area contributed by atoms with Gasteiger partial charge in [0.2, 0.25) is 5.91 Å². The molecular weight excluding hydrogens is 462 g/mol. The summed E-state index contributed by atoms with van der Waals surface area (Å²) in [7, 11) is 0. The lowest BCUT2D eigenvalue weighted by molar-refractivity contribution is -0.124. The van der Waals surface area contributed by atoms with Gasteiger partial charge in [-0.2, -0.15) is 12.6 Å². The number of hydrogen-bond donors (Lipinski definition) is 7. The standard InChI is InChI=1S/C23H32ClN5O3S/c24-15-5-1-3-13-10-18(27-19(13)15)23(32)29-17(9-12-6-7-12)22(31)28-16(20(25)33)11-14-4-2-8-26-21(14)30/h1,3,5,10,12,14,16-17,20-21,26-27,30,33H,2,4,6-9,11,25H2,(H,28,31)(H,29,32)/t14-,16-,17-,20-,21+/m0/s1. The normalized spacial score (nSPS) is 23.6. The van der Waals surface area contributed by atoms with E-state index in [0.717, 1.165) is 37.6 Å². The number of nitrogens with one attached hydrogen (secondary N) is 4. The monoisotopic (exact) mass is 493 g/mol. The molecule has 1 saturated heterocycles. The van der Waals surface area contributed by atoms with Crippen molar-refractivity contribution in [2.24, 2.45) is 17.6 Å². The van der Waals surface area contributed by atoms with Crippen molar-refractivity contribution in [3.8, 4) is 0 Å².